The van der Waals surface area contributed by atoms with E-state index >= 15 is 0 Å². The van der Waals surface area contributed by atoms with E-state index in [1.807, 2.05) is 48.5 Å². The van der Waals surface area contributed by atoms with Gasteiger partial charge in [0.25, 0.3) is 0 Å². The van der Waals surface area contributed by atoms with E-state index in [-0.39, 0.29) is 5.41 Å². The van der Waals surface area contributed by atoms with Crippen LogP contribution in [0.2, 0.25) is 0 Å². The molecule has 0 saturated carbocycles. The Balaban J connectivity index is 1.30. The van der Waals surface area contributed by atoms with Crippen molar-refractivity contribution in [1.82, 2.24) is 29.9 Å². The lowest BCUT2D eigenvalue weighted by molar-refractivity contribution is 0.590. The first-order chi connectivity index (χ1) is 20.5. The predicted octanol–water partition coefficient (Wildman–Crippen LogP) is 8.50. The van der Waals surface area contributed by atoms with Crippen molar-refractivity contribution < 1.29 is 0 Å². The van der Waals surface area contributed by atoms with Crippen molar-refractivity contribution in [2.24, 2.45) is 0 Å². The standard InChI is InChI=1S/C36H30N6/c1-36(2,3)28-21-19-25(20-22-28)34-40-41-35(42(34)29-15-5-4-6-16-29)27-14-9-13-26(23-27)32-37-33(39-38-32)31-18-10-12-24-11-7-8-17-30(24)31/h4-23H,1-3H3,(H,37,38,39). The van der Waals surface area contributed by atoms with Gasteiger partial charge in [0, 0.05) is 27.9 Å². The Morgan fingerprint density at radius 1 is 0.548 bits per heavy atom. The summed E-state index contributed by atoms with van der Waals surface area (Å²) in [5.41, 5.74) is 6.24. The summed E-state index contributed by atoms with van der Waals surface area (Å²) in [4.78, 5) is 3.45. The Hall–Kier alpha value is -5.36. The quantitative estimate of drug-likeness (QED) is 0.235. The zero-order valence-corrected chi connectivity index (χ0v) is 23.8. The Labute approximate surface area is 244 Å². The van der Waals surface area contributed by atoms with Crippen LogP contribution in [0.1, 0.15) is 26.3 Å². The molecule has 1 N–H and O–H groups in total. The molecule has 0 aliphatic carbocycles. The predicted molar refractivity (Wildman–Crippen MR) is 169 cm³/mol. The molecule has 0 bridgehead atoms. The van der Waals surface area contributed by atoms with E-state index in [0.717, 1.165) is 50.8 Å². The van der Waals surface area contributed by atoms with Gasteiger partial charge in [-0.1, -0.05) is 124 Å². The summed E-state index contributed by atoms with van der Waals surface area (Å²) >= 11 is 0. The van der Waals surface area contributed by atoms with Gasteiger partial charge in [-0.25, -0.2) is 0 Å². The highest BCUT2D eigenvalue weighted by Crippen LogP contribution is 2.33. The third-order valence-electron chi connectivity index (χ3n) is 7.61. The lowest BCUT2D eigenvalue weighted by Gasteiger charge is -2.19. The van der Waals surface area contributed by atoms with Crippen molar-refractivity contribution in [3.63, 3.8) is 0 Å². The van der Waals surface area contributed by atoms with Gasteiger partial charge in [-0.05, 0) is 39.9 Å². The molecule has 7 aromatic rings. The highest BCUT2D eigenvalue weighted by Gasteiger charge is 2.20. The number of hydrogen-bond acceptors (Lipinski definition) is 4. The fourth-order valence-electron chi connectivity index (χ4n) is 5.35. The van der Waals surface area contributed by atoms with Crippen molar-refractivity contribution in [2.45, 2.75) is 26.2 Å². The number of H-pyrrole nitrogens is 1. The van der Waals surface area contributed by atoms with Crippen molar-refractivity contribution >= 4 is 10.8 Å². The molecular formula is C36H30N6. The van der Waals surface area contributed by atoms with Gasteiger partial charge < -0.3 is 4.98 Å². The Kier molecular flexibility index (Phi) is 6.24. The Morgan fingerprint density at radius 2 is 1.19 bits per heavy atom. The number of hydrogen-bond donors (Lipinski definition) is 1. The monoisotopic (exact) mass is 546 g/mol. The molecule has 42 heavy (non-hydrogen) atoms. The van der Waals surface area contributed by atoms with E-state index < -0.39 is 0 Å². The second-order valence-electron chi connectivity index (χ2n) is 11.5. The summed E-state index contributed by atoms with van der Waals surface area (Å²) in [5, 5.41) is 20.7. The lowest BCUT2D eigenvalue weighted by atomic mass is 9.86. The van der Waals surface area contributed by atoms with Crippen LogP contribution in [0, 0.1) is 0 Å². The fourth-order valence-corrected chi connectivity index (χ4v) is 5.35. The number of rotatable bonds is 5. The number of nitrogens with one attached hydrogen (secondary N) is 1. The third kappa shape index (κ3) is 4.67. The molecular weight excluding hydrogens is 516 g/mol. The summed E-state index contributed by atoms with van der Waals surface area (Å²) < 4.78 is 2.12. The van der Waals surface area contributed by atoms with E-state index in [0.29, 0.717) is 5.82 Å². The maximum Gasteiger partial charge on any atom is 0.168 e. The summed E-state index contributed by atoms with van der Waals surface area (Å²) in [5.74, 6) is 2.98. The minimum Gasteiger partial charge on any atom is -0.321 e. The molecule has 0 amide bonds. The summed E-state index contributed by atoms with van der Waals surface area (Å²) in [6.45, 7) is 6.66. The highest BCUT2D eigenvalue weighted by atomic mass is 15.3. The van der Waals surface area contributed by atoms with Crippen LogP contribution in [0.3, 0.4) is 0 Å². The van der Waals surface area contributed by atoms with Gasteiger partial charge in [-0.2, -0.15) is 0 Å². The smallest absolute Gasteiger partial charge is 0.168 e. The van der Waals surface area contributed by atoms with E-state index in [2.05, 4.69) is 118 Å². The topological polar surface area (TPSA) is 72.3 Å². The number of aromatic amines is 1. The zero-order chi connectivity index (χ0) is 28.7. The molecule has 2 aromatic heterocycles. The average molecular weight is 547 g/mol. The van der Waals surface area contributed by atoms with Crippen LogP contribution in [0.25, 0.3) is 62.0 Å². The maximum absolute atomic E-state index is 4.70. The average Bonchev–Trinajstić information content (AvgIpc) is 3.70. The van der Waals surface area contributed by atoms with Crippen molar-refractivity contribution in [1.29, 1.82) is 0 Å². The molecule has 0 unspecified atom stereocenters. The van der Waals surface area contributed by atoms with E-state index in [1.165, 1.54) is 10.9 Å². The number of aromatic nitrogens is 6. The number of para-hydroxylation sites is 1. The summed E-state index contributed by atoms with van der Waals surface area (Å²) in [6, 6.07) is 41.6. The van der Waals surface area contributed by atoms with Crippen LogP contribution in [0.4, 0.5) is 0 Å². The molecule has 0 saturated heterocycles. The van der Waals surface area contributed by atoms with Gasteiger partial charge >= 0.3 is 0 Å². The zero-order valence-electron chi connectivity index (χ0n) is 23.8. The molecule has 6 nitrogen and oxygen atoms in total. The molecule has 0 aliphatic rings. The minimum absolute atomic E-state index is 0.0748. The summed E-state index contributed by atoms with van der Waals surface area (Å²) in [7, 11) is 0. The Bertz CT molecular complexity index is 2010. The molecule has 0 radical (unpaired) electrons. The molecule has 204 valence electrons. The third-order valence-corrected chi connectivity index (χ3v) is 7.61. The SMILES string of the molecule is CC(C)(C)c1ccc(-c2nnc(-c3cccc(-c4nnc(-c5cccc6ccccc56)[nH]4)c3)n2-c2ccccc2)cc1. The minimum atomic E-state index is 0.0748. The molecule has 0 fully saturated rings. The van der Waals surface area contributed by atoms with E-state index in [1.54, 1.807) is 0 Å². The maximum atomic E-state index is 4.70. The molecule has 0 spiro atoms. The first-order valence-corrected chi connectivity index (χ1v) is 14.1. The van der Waals surface area contributed by atoms with Crippen molar-refractivity contribution in [3.8, 4) is 51.2 Å². The Morgan fingerprint density at radius 3 is 1.98 bits per heavy atom. The highest BCUT2D eigenvalue weighted by molar-refractivity contribution is 5.95. The molecule has 2 heterocycles. The van der Waals surface area contributed by atoms with Gasteiger partial charge in [0.05, 0.1) is 0 Å². The van der Waals surface area contributed by atoms with E-state index in [9.17, 15) is 0 Å². The van der Waals surface area contributed by atoms with Gasteiger partial charge in [-0.15, -0.1) is 20.4 Å². The normalized spacial score (nSPS) is 11.7. The van der Waals surface area contributed by atoms with Gasteiger partial charge in [0.2, 0.25) is 0 Å². The second-order valence-corrected chi connectivity index (χ2v) is 11.5. The van der Waals surface area contributed by atoms with Crippen LogP contribution in [0.5, 0.6) is 0 Å². The molecule has 0 aliphatic heterocycles. The van der Waals surface area contributed by atoms with Crippen LogP contribution < -0.4 is 0 Å². The number of benzene rings is 5. The second kappa shape index (κ2) is 10.2. The van der Waals surface area contributed by atoms with Crippen LogP contribution in [-0.2, 0) is 5.41 Å². The summed E-state index contributed by atoms with van der Waals surface area (Å²) in [6.07, 6.45) is 0. The molecule has 7 rings (SSSR count). The largest absolute Gasteiger partial charge is 0.321 e. The van der Waals surface area contributed by atoms with Crippen LogP contribution in [0.15, 0.2) is 121 Å². The lowest BCUT2D eigenvalue weighted by Crippen LogP contribution is -2.10. The van der Waals surface area contributed by atoms with Gasteiger partial charge in [0.15, 0.2) is 23.3 Å². The molecule has 0 atom stereocenters. The fraction of sp³-hybridized carbons (Fsp3) is 0.111. The first-order valence-electron chi connectivity index (χ1n) is 14.1. The van der Waals surface area contributed by atoms with E-state index in [4.69, 9.17) is 5.10 Å². The van der Waals surface area contributed by atoms with Crippen molar-refractivity contribution in [2.75, 3.05) is 0 Å². The first kappa shape index (κ1) is 25.6. The molecule has 6 heteroatoms. The van der Waals surface area contributed by atoms with Gasteiger partial charge in [-0.3, -0.25) is 4.57 Å². The van der Waals surface area contributed by atoms with Crippen LogP contribution >= 0.6 is 0 Å². The van der Waals surface area contributed by atoms with Crippen molar-refractivity contribution in [3.05, 3.63) is 127 Å². The van der Waals surface area contributed by atoms with Crippen LogP contribution in [-0.4, -0.2) is 29.9 Å². The van der Waals surface area contributed by atoms with Gasteiger partial charge in [0.1, 0.15) is 0 Å². The molecule has 5 aromatic carbocycles. The number of fused-ring (bicyclic) bond motifs is 1. The number of nitrogens with zero attached hydrogens (tertiary/aromatic N) is 5.